The van der Waals surface area contributed by atoms with Gasteiger partial charge >= 0.3 is 5.97 Å². The van der Waals surface area contributed by atoms with Crippen LogP contribution >= 0.6 is 0 Å². The lowest BCUT2D eigenvalue weighted by Gasteiger charge is -2.13. The van der Waals surface area contributed by atoms with Gasteiger partial charge in [-0.3, -0.25) is 0 Å². The summed E-state index contributed by atoms with van der Waals surface area (Å²) in [6, 6.07) is 5.78. The van der Waals surface area contributed by atoms with Gasteiger partial charge in [-0.15, -0.1) is 0 Å². The second-order valence-electron chi connectivity index (χ2n) is 4.68. The zero-order valence-corrected chi connectivity index (χ0v) is 10.2. The Labute approximate surface area is 101 Å². The Kier molecular flexibility index (Phi) is 3.22. The van der Waals surface area contributed by atoms with Gasteiger partial charge in [0.1, 0.15) is 0 Å². The number of benzene rings is 1. The van der Waals surface area contributed by atoms with Crippen LogP contribution in [0.4, 0.5) is 11.4 Å². The SMILES string of the molecule is CC(C)OC(=O)c1cc(N)ccc1NC1CC1. The zero-order chi connectivity index (χ0) is 12.4. The number of ether oxygens (including phenoxy) is 1. The number of nitrogens with two attached hydrogens (primary N) is 1. The van der Waals surface area contributed by atoms with E-state index in [-0.39, 0.29) is 12.1 Å². The van der Waals surface area contributed by atoms with Gasteiger partial charge in [-0.25, -0.2) is 4.79 Å². The monoisotopic (exact) mass is 234 g/mol. The van der Waals surface area contributed by atoms with Gasteiger partial charge in [0.15, 0.2) is 0 Å². The van der Waals surface area contributed by atoms with E-state index in [2.05, 4.69) is 5.32 Å². The molecule has 0 saturated heterocycles. The number of anilines is 2. The third kappa shape index (κ3) is 3.12. The van der Waals surface area contributed by atoms with E-state index in [1.54, 1.807) is 12.1 Å². The molecule has 0 bridgehead atoms. The lowest BCUT2D eigenvalue weighted by molar-refractivity contribution is 0.0379. The molecule has 0 heterocycles. The maximum Gasteiger partial charge on any atom is 0.340 e. The highest BCUT2D eigenvalue weighted by Crippen LogP contribution is 2.28. The molecule has 1 aromatic carbocycles. The van der Waals surface area contributed by atoms with Crippen LogP contribution in [-0.4, -0.2) is 18.1 Å². The number of rotatable bonds is 4. The van der Waals surface area contributed by atoms with Crippen molar-refractivity contribution in [3.05, 3.63) is 23.8 Å². The molecule has 1 aliphatic rings. The number of nitrogen functional groups attached to an aromatic ring is 1. The summed E-state index contributed by atoms with van der Waals surface area (Å²) in [6.07, 6.45) is 2.18. The normalized spacial score (nSPS) is 14.8. The average molecular weight is 234 g/mol. The summed E-state index contributed by atoms with van der Waals surface area (Å²) in [4.78, 5) is 11.9. The number of nitrogens with one attached hydrogen (secondary N) is 1. The summed E-state index contributed by atoms with van der Waals surface area (Å²) < 4.78 is 5.20. The smallest absolute Gasteiger partial charge is 0.340 e. The number of hydrogen-bond donors (Lipinski definition) is 2. The standard InChI is InChI=1S/C13H18N2O2/c1-8(2)17-13(16)11-7-9(14)3-6-12(11)15-10-4-5-10/h3,6-8,10,15H,4-5,14H2,1-2H3. The molecule has 0 unspecified atom stereocenters. The molecule has 3 N–H and O–H groups in total. The lowest BCUT2D eigenvalue weighted by Crippen LogP contribution is -2.15. The maximum absolute atomic E-state index is 11.9. The van der Waals surface area contributed by atoms with Gasteiger partial charge < -0.3 is 15.8 Å². The van der Waals surface area contributed by atoms with Crippen LogP contribution in [0, 0.1) is 0 Å². The first kappa shape index (κ1) is 11.8. The summed E-state index contributed by atoms with van der Waals surface area (Å²) in [7, 11) is 0. The average Bonchev–Trinajstić information content (AvgIpc) is 3.03. The lowest BCUT2D eigenvalue weighted by atomic mass is 10.1. The van der Waals surface area contributed by atoms with E-state index in [4.69, 9.17) is 10.5 Å². The van der Waals surface area contributed by atoms with Gasteiger partial charge in [0, 0.05) is 17.4 Å². The van der Waals surface area contributed by atoms with Crippen LogP contribution in [0.2, 0.25) is 0 Å². The Morgan fingerprint density at radius 3 is 2.76 bits per heavy atom. The summed E-state index contributed by atoms with van der Waals surface area (Å²) in [5.41, 5.74) is 7.61. The van der Waals surface area contributed by atoms with Gasteiger partial charge in [-0.2, -0.15) is 0 Å². The van der Waals surface area contributed by atoms with E-state index in [0.29, 0.717) is 17.3 Å². The third-order valence-electron chi connectivity index (χ3n) is 2.54. The van der Waals surface area contributed by atoms with E-state index >= 15 is 0 Å². The van der Waals surface area contributed by atoms with E-state index in [0.717, 1.165) is 18.5 Å². The van der Waals surface area contributed by atoms with Crippen molar-refractivity contribution in [2.75, 3.05) is 11.1 Å². The van der Waals surface area contributed by atoms with E-state index in [1.165, 1.54) is 0 Å². The molecule has 0 spiro atoms. The maximum atomic E-state index is 11.9. The molecular weight excluding hydrogens is 216 g/mol. The first-order valence-electron chi connectivity index (χ1n) is 5.93. The zero-order valence-electron chi connectivity index (χ0n) is 10.2. The summed E-state index contributed by atoms with van der Waals surface area (Å²) >= 11 is 0. The molecule has 4 nitrogen and oxygen atoms in total. The predicted molar refractivity (Wildman–Crippen MR) is 68.1 cm³/mol. The van der Waals surface area contributed by atoms with E-state index in [1.807, 2.05) is 19.9 Å². The second-order valence-corrected chi connectivity index (χ2v) is 4.68. The van der Waals surface area contributed by atoms with Crippen molar-refractivity contribution in [3.63, 3.8) is 0 Å². The molecule has 1 fully saturated rings. The predicted octanol–water partition coefficient (Wildman–Crippen LogP) is 2.41. The minimum atomic E-state index is -0.324. The topological polar surface area (TPSA) is 64.3 Å². The Hall–Kier alpha value is -1.71. The van der Waals surface area contributed by atoms with Crippen LogP contribution in [-0.2, 0) is 4.74 Å². The highest BCUT2D eigenvalue weighted by molar-refractivity contribution is 5.96. The Morgan fingerprint density at radius 1 is 1.47 bits per heavy atom. The van der Waals surface area contributed by atoms with Crippen molar-refractivity contribution in [2.24, 2.45) is 0 Å². The van der Waals surface area contributed by atoms with Crippen LogP contribution < -0.4 is 11.1 Å². The van der Waals surface area contributed by atoms with Crippen molar-refractivity contribution >= 4 is 17.3 Å². The number of carbonyl (C=O) groups is 1. The van der Waals surface area contributed by atoms with Crippen LogP contribution in [0.1, 0.15) is 37.0 Å². The first-order chi connectivity index (χ1) is 8.06. The number of carbonyl (C=O) groups excluding carboxylic acids is 1. The fourth-order valence-electron chi connectivity index (χ4n) is 1.58. The van der Waals surface area contributed by atoms with Crippen molar-refractivity contribution in [2.45, 2.75) is 38.8 Å². The van der Waals surface area contributed by atoms with Gasteiger partial charge in [-0.1, -0.05) is 0 Å². The van der Waals surface area contributed by atoms with Crippen molar-refractivity contribution in [1.82, 2.24) is 0 Å². The molecule has 92 valence electrons. The number of esters is 1. The first-order valence-corrected chi connectivity index (χ1v) is 5.93. The minimum absolute atomic E-state index is 0.127. The molecule has 0 atom stereocenters. The Bertz CT molecular complexity index is 425. The molecule has 17 heavy (non-hydrogen) atoms. The molecule has 1 aliphatic carbocycles. The van der Waals surface area contributed by atoms with Crippen molar-refractivity contribution < 1.29 is 9.53 Å². The van der Waals surface area contributed by atoms with Crippen LogP contribution in [0.15, 0.2) is 18.2 Å². The van der Waals surface area contributed by atoms with Gasteiger partial charge in [-0.05, 0) is 44.9 Å². The molecule has 0 aliphatic heterocycles. The molecular formula is C13H18N2O2. The second kappa shape index (κ2) is 4.65. The van der Waals surface area contributed by atoms with Gasteiger partial charge in [0.2, 0.25) is 0 Å². The Balaban J connectivity index is 2.21. The number of hydrogen-bond acceptors (Lipinski definition) is 4. The summed E-state index contributed by atoms with van der Waals surface area (Å²) in [6.45, 7) is 3.66. The summed E-state index contributed by atoms with van der Waals surface area (Å²) in [5.74, 6) is -0.324. The molecule has 1 saturated carbocycles. The largest absolute Gasteiger partial charge is 0.459 e. The van der Waals surface area contributed by atoms with Crippen LogP contribution in [0.3, 0.4) is 0 Å². The van der Waals surface area contributed by atoms with Crippen LogP contribution in [0.5, 0.6) is 0 Å². The summed E-state index contributed by atoms with van der Waals surface area (Å²) in [5, 5.41) is 3.31. The fraction of sp³-hybridized carbons (Fsp3) is 0.462. The highest BCUT2D eigenvalue weighted by Gasteiger charge is 2.23. The van der Waals surface area contributed by atoms with E-state index in [9.17, 15) is 4.79 Å². The molecule has 2 rings (SSSR count). The third-order valence-corrected chi connectivity index (χ3v) is 2.54. The van der Waals surface area contributed by atoms with Crippen molar-refractivity contribution in [1.29, 1.82) is 0 Å². The van der Waals surface area contributed by atoms with E-state index < -0.39 is 0 Å². The van der Waals surface area contributed by atoms with Crippen molar-refractivity contribution in [3.8, 4) is 0 Å². The molecule has 0 aromatic heterocycles. The van der Waals surface area contributed by atoms with Gasteiger partial charge in [0.05, 0.1) is 11.7 Å². The Morgan fingerprint density at radius 2 is 2.18 bits per heavy atom. The fourth-order valence-corrected chi connectivity index (χ4v) is 1.58. The van der Waals surface area contributed by atoms with Crippen LogP contribution in [0.25, 0.3) is 0 Å². The molecule has 4 heteroatoms. The molecule has 1 aromatic rings. The molecule has 0 radical (unpaired) electrons. The van der Waals surface area contributed by atoms with Gasteiger partial charge in [0.25, 0.3) is 0 Å². The highest BCUT2D eigenvalue weighted by atomic mass is 16.5. The quantitative estimate of drug-likeness (QED) is 0.620. The molecule has 0 amide bonds. The minimum Gasteiger partial charge on any atom is -0.459 e.